The van der Waals surface area contributed by atoms with Gasteiger partial charge in [-0.25, -0.2) is 0 Å². The van der Waals surface area contributed by atoms with Crippen molar-refractivity contribution in [1.29, 1.82) is 0 Å². The van der Waals surface area contributed by atoms with Gasteiger partial charge in [-0.15, -0.1) is 0 Å². The van der Waals surface area contributed by atoms with E-state index < -0.39 is 5.66 Å². The zero-order valence-corrected chi connectivity index (χ0v) is 13.7. The van der Waals surface area contributed by atoms with Crippen molar-refractivity contribution in [1.82, 2.24) is 5.32 Å². The molecule has 0 fully saturated rings. The largest absolute Gasteiger partial charge is 0.306 e. The first kappa shape index (κ1) is 17.6. The van der Waals surface area contributed by atoms with Gasteiger partial charge in [-0.05, 0) is 25.0 Å². The van der Waals surface area contributed by atoms with E-state index in [1.54, 1.807) is 13.8 Å². The second-order valence-corrected chi connectivity index (χ2v) is 5.63. The van der Waals surface area contributed by atoms with Crippen LogP contribution in [0.15, 0.2) is 71.8 Å². The van der Waals surface area contributed by atoms with Crippen LogP contribution in [0.4, 0.5) is 0 Å². The van der Waals surface area contributed by atoms with Crippen LogP contribution in [-0.2, 0) is 15.3 Å². The maximum Gasteiger partial charge on any atom is 0.254 e. The van der Waals surface area contributed by atoms with Gasteiger partial charge in [0, 0.05) is 11.1 Å². The van der Waals surface area contributed by atoms with Crippen LogP contribution in [0.25, 0.3) is 0 Å². The molecule has 5 nitrogen and oxygen atoms in total. The van der Waals surface area contributed by atoms with Gasteiger partial charge in [-0.2, -0.15) is 0 Å². The van der Waals surface area contributed by atoms with Crippen LogP contribution in [0.2, 0.25) is 0 Å². The maximum atomic E-state index is 10.6. The van der Waals surface area contributed by atoms with Gasteiger partial charge in [-0.1, -0.05) is 60.7 Å². The van der Waals surface area contributed by atoms with E-state index in [2.05, 4.69) is 5.32 Å². The van der Waals surface area contributed by atoms with Gasteiger partial charge in [0.25, 0.3) is 11.8 Å². The Kier molecular flexibility index (Phi) is 5.28. The summed E-state index contributed by atoms with van der Waals surface area (Å²) < 4.78 is 0. The van der Waals surface area contributed by atoms with Crippen LogP contribution in [0, 0.1) is 0 Å². The van der Waals surface area contributed by atoms with Crippen molar-refractivity contribution in [3.63, 3.8) is 0 Å². The van der Waals surface area contributed by atoms with Crippen molar-refractivity contribution in [3.8, 4) is 0 Å². The molecule has 0 aliphatic carbocycles. The van der Waals surface area contributed by atoms with Crippen molar-refractivity contribution in [3.05, 3.63) is 82.9 Å². The first-order chi connectivity index (χ1) is 11.3. The van der Waals surface area contributed by atoms with Gasteiger partial charge >= 0.3 is 0 Å². The van der Waals surface area contributed by atoms with Gasteiger partial charge in [-0.3, -0.25) is 14.9 Å². The highest BCUT2D eigenvalue weighted by molar-refractivity contribution is 6.18. The molecular weight excluding hydrogens is 302 g/mol. The Morgan fingerprint density at radius 3 is 1.29 bits per heavy atom. The fourth-order valence-corrected chi connectivity index (χ4v) is 2.23. The number of nitrogens with two attached hydrogens (primary N) is 2. The molecule has 24 heavy (non-hydrogen) atoms. The van der Waals surface area contributed by atoms with E-state index in [0.717, 1.165) is 11.1 Å². The Balaban J connectivity index is 0.000000198. The quantitative estimate of drug-likeness (QED) is 0.579. The number of nitrogens with one attached hydrogen (secondary N) is 1. The molecule has 124 valence electrons. The Morgan fingerprint density at radius 1 is 0.708 bits per heavy atom. The molecule has 2 aromatic carbocycles. The van der Waals surface area contributed by atoms with Crippen LogP contribution in [-0.4, -0.2) is 11.8 Å². The number of benzene rings is 2. The third kappa shape index (κ3) is 3.76. The summed E-state index contributed by atoms with van der Waals surface area (Å²) in [6.07, 6.45) is 0. The number of carbonyl (C=O) groups excluding carboxylic acids is 2. The molecule has 3 rings (SSSR count). The second-order valence-electron chi connectivity index (χ2n) is 5.63. The van der Waals surface area contributed by atoms with Gasteiger partial charge in [0.1, 0.15) is 5.66 Å². The molecule has 1 heterocycles. The van der Waals surface area contributed by atoms with Gasteiger partial charge in [0.2, 0.25) is 0 Å². The molecule has 0 bridgehead atoms. The number of amides is 2. The second kappa shape index (κ2) is 7.21. The monoisotopic (exact) mass is 323 g/mol. The normalized spacial score (nSPS) is 14.2. The SMILES string of the molecule is CC1=C(C)C(=O)NC1=O.NC(N)(c1ccccc1)c1ccccc1. The fraction of sp³-hybridized carbons (Fsp3) is 0.158. The number of imide groups is 1. The van der Waals surface area contributed by atoms with Crippen LogP contribution in [0.3, 0.4) is 0 Å². The van der Waals surface area contributed by atoms with Crippen molar-refractivity contribution in [2.45, 2.75) is 19.5 Å². The van der Waals surface area contributed by atoms with Crippen molar-refractivity contribution >= 4 is 11.8 Å². The predicted molar refractivity (Wildman–Crippen MR) is 93.6 cm³/mol. The molecule has 0 atom stereocenters. The molecule has 2 aromatic rings. The molecule has 5 N–H and O–H groups in total. The highest BCUT2D eigenvalue weighted by Crippen LogP contribution is 2.20. The van der Waals surface area contributed by atoms with E-state index in [-0.39, 0.29) is 11.8 Å². The molecule has 0 radical (unpaired) electrons. The molecule has 1 aliphatic heterocycles. The Bertz CT molecular complexity index is 702. The molecule has 0 aromatic heterocycles. The van der Waals surface area contributed by atoms with E-state index in [0.29, 0.717) is 11.1 Å². The first-order valence-electron chi connectivity index (χ1n) is 7.56. The Morgan fingerprint density at radius 2 is 1.04 bits per heavy atom. The molecule has 0 unspecified atom stereocenters. The number of hydrogen-bond acceptors (Lipinski definition) is 4. The Hall–Kier alpha value is -2.76. The van der Waals surface area contributed by atoms with E-state index >= 15 is 0 Å². The van der Waals surface area contributed by atoms with Crippen LogP contribution in [0.1, 0.15) is 25.0 Å². The lowest BCUT2D eigenvalue weighted by Crippen LogP contribution is -2.46. The average molecular weight is 323 g/mol. The summed E-state index contributed by atoms with van der Waals surface area (Å²) in [5.74, 6) is -0.532. The summed E-state index contributed by atoms with van der Waals surface area (Å²) in [6.45, 7) is 3.27. The van der Waals surface area contributed by atoms with E-state index in [4.69, 9.17) is 11.5 Å². The van der Waals surface area contributed by atoms with Crippen LogP contribution < -0.4 is 16.8 Å². The lowest BCUT2D eigenvalue weighted by Gasteiger charge is -2.25. The topological polar surface area (TPSA) is 98.2 Å². The number of rotatable bonds is 2. The molecule has 0 saturated carbocycles. The van der Waals surface area contributed by atoms with Gasteiger partial charge in [0.15, 0.2) is 0 Å². The van der Waals surface area contributed by atoms with E-state index in [9.17, 15) is 9.59 Å². The summed E-state index contributed by atoms with van der Waals surface area (Å²) in [7, 11) is 0. The highest BCUT2D eigenvalue weighted by Gasteiger charge is 2.23. The lowest BCUT2D eigenvalue weighted by molar-refractivity contribution is -0.124. The summed E-state index contributed by atoms with van der Waals surface area (Å²) in [5.41, 5.74) is 14.2. The molecule has 0 saturated heterocycles. The number of carbonyl (C=O) groups is 2. The minimum Gasteiger partial charge on any atom is -0.306 e. The summed E-state index contributed by atoms with van der Waals surface area (Å²) in [6, 6.07) is 19.4. The molecular formula is C19H21N3O2. The predicted octanol–water partition coefficient (Wildman–Crippen LogP) is 1.78. The van der Waals surface area contributed by atoms with Gasteiger partial charge < -0.3 is 11.5 Å². The lowest BCUT2D eigenvalue weighted by atomic mass is 9.93. The summed E-state index contributed by atoms with van der Waals surface area (Å²) in [5, 5.41) is 2.16. The van der Waals surface area contributed by atoms with Crippen molar-refractivity contribution < 1.29 is 9.59 Å². The van der Waals surface area contributed by atoms with Crippen molar-refractivity contribution in [2.24, 2.45) is 11.5 Å². The highest BCUT2D eigenvalue weighted by atomic mass is 16.2. The minimum atomic E-state index is -0.914. The minimum absolute atomic E-state index is 0.266. The molecule has 5 heteroatoms. The Labute approximate surface area is 141 Å². The average Bonchev–Trinajstić information content (AvgIpc) is 2.83. The molecule has 1 aliphatic rings. The zero-order valence-electron chi connectivity index (χ0n) is 13.7. The third-order valence-corrected chi connectivity index (χ3v) is 3.97. The van der Waals surface area contributed by atoms with Crippen molar-refractivity contribution in [2.75, 3.05) is 0 Å². The zero-order chi connectivity index (χ0) is 17.7. The first-order valence-corrected chi connectivity index (χ1v) is 7.56. The van der Waals surface area contributed by atoms with Crippen LogP contribution in [0.5, 0.6) is 0 Å². The third-order valence-electron chi connectivity index (χ3n) is 3.97. The standard InChI is InChI=1S/C13H14N2.C6H7NO2/c14-13(15,11-7-3-1-4-8-11)12-9-5-2-6-10-12;1-3-4(2)6(9)7-5(3)8/h1-10H,14-15H2;1-2H3,(H,7,8,9). The van der Waals surface area contributed by atoms with E-state index in [1.165, 1.54) is 0 Å². The smallest absolute Gasteiger partial charge is 0.254 e. The molecule has 0 spiro atoms. The fourth-order valence-electron chi connectivity index (χ4n) is 2.23. The van der Waals surface area contributed by atoms with E-state index in [1.807, 2.05) is 60.7 Å². The number of hydrogen-bond donors (Lipinski definition) is 3. The van der Waals surface area contributed by atoms with Crippen LogP contribution >= 0.6 is 0 Å². The maximum absolute atomic E-state index is 10.6. The summed E-state index contributed by atoms with van der Waals surface area (Å²) >= 11 is 0. The molecule has 2 amide bonds. The summed E-state index contributed by atoms with van der Waals surface area (Å²) in [4.78, 5) is 21.2. The van der Waals surface area contributed by atoms with Gasteiger partial charge in [0.05, 0.1) is 0 Å².